The molecule has 1 N–H and O–H groups in total. The van der Waals surface area contributed by atoms with Crippen molar-refractivity contribution < 1.29 is 13.6 Å². The van der Waals surface area contributed by atoms with Gasteiger partial charge >= 0.3 is 0 Å². The van der Waals surface area contributed by atoms with Gasteiger partial charge in [-0.3, -0.25) is 9.48 Å². The maximum atomic E-state index is 13.4. The predicted molar refractivity (Wildman–Crippen MR) is 65.4 cm³/mol. The second kappa shape index (κ2) is 5.60. The molecule has 19 heavy (non-hydrogen) atoms. The minimum absolute atomic E-state index is 0.00999. The van der Waals surface area contributed by atoms with Crippen LogP contribution >= 0.6 is 0 Å². The number of carbonyl (C=O) groups is 1. The van der Waals surface area contributed by atoms with Crippen LogP contribution in [0.4, 0.5) is 8.78 Å². The van der Waals surface area contributed by atoms with Gasteiger partial charge in [0, 0.05) is 30.9 Å². The topological polar surface area (TPSA) is 46.9 Å². The quantitative estimate of drug-likeness (QED) is 0.920. The van der Waals surface area contributed by atoms with Gasteiger partial charge < -0.3 is 5.32 Å². The van der Waals surface area contributed by atoms with Crippen molar-refractivity contribution in [3.63, 3.8) is 0 Å². The monoisotopic (exact) mass is 265 g/mol. The first-order valence-electron chi connectivity index (χ1n) is 5.85. The first-order chi connectivity index (χ1) is 9.10. The smallest absolute Gasteiger partial charge is 0.272 e. The van der Waals surface area contributed by atoms with Gasteiger partial charge in [-0.1, -0.05) is 6.07 Å². The maximum Gasteiger partial charge on any atom is 0.272 e. The molecule has 2 aromatic rings. The van der Waals surface area contributed by atoms with E-state index in [0.717, 1.165) is 12.1 Å². The van der Waals surface area contributed by atoms with Crippen LogP contribution in [0.2, 0.25) is 0 Å². The lowest BCUT2D eigenvalue weighted by atomic mass is 10.2. The zero-order chi connectivity index (χ0) is 13.8. The van der Waals surface area contributed by atoms with Gasteiger partial charge in [-0.15, -0.1) is 0 Å². The van der Waals surface area contributed by atoms with Crippen molar-refractivity contribution in [1.82, 2.24) is 15.1 Å². The molecule has 0 bridgehead atoms. The Labute approximate surface area is 109 Å². The highest BCUT2D eigenvalue weighted by Crippen LogP contribution is 2.09. The Morgan fingerprint density at radius 1 is 1.37 bits per heavy atom. The molecule has 1 heterocycles. The molecule has 1 aromatic carbocycles. The summed E-state index contributed by atoms with van der Waals surface area (Å²) in [5, 5.41) is 6.56. The summed E-state index contributed by atoms with van der Waals surface area (Å²) in [6, 6.07) is 4.82. The standard InChI is InChI=1S/C13H13F2N3O/c1-2-18-6-5-12(17-18)13(19)16-8-9-3-4-10(14)7-11(9)15/h3-7H,2,8H2,1H3,(H,16,19). The number of carbonyl (C=O) groups excluding carboxylic acids is 1. The number of hydrogen-bond acceptors (Lipinski definition) is 2. The number of nitrogens with zero attached hydrogens (tertiary/aromatic N) is 2. The van der Waals surface area contributed by atoms with Crippen LogP contribution in [0.1, 0.15) is 23.0 Å². The van der Waals surface area contributed by atoms with Crippen molar-refractivity contribution in [2.45, 2.75) is 20.0 Å². The third-order valence-corrected chi connectivity index (χ3v) is 2.65. The molecule has 0 aliphatic heterocycles. The summed E-state index contributed by atoms with van der Waals surface area (Å²) >= 11 is 0. The van der Waals surface area contributed by atoms with Crippen LogP contribution in [0.5, 0.6) is 0 Å². The fraction of sp³-hybridized carbons (Fsp3) is 0.231. The first kappa shape index (κ1) is 13.2. The molecule has 2 rings (SSSR count). The Bertz CT molecular complexity index is 595. The van der Waals surface area contributed by atoms with Crippen LogP contribution < -0.4 is 5.32 Å². The third kappa shape index (κ3) is 3.15. The second-order valence-electron chi connectivity index (χ2n) is 3.98. The van der Waals surface area contributed by atoms with Crippen molar-refractivity contribution in [3.8, 4) is 0 Å². The molecule has 0 atom stereocenters. The normalized spacial score (nSPS) is 10.5. The average molecular weight is 265 g/mol. The summed E-state index contributed by atoms with van der Waals surface area (Å²) in [4.78, 5) is 11.7. The van der Waals surface area contributed by atoms with E-state index in [1.807, 2.05) is 6.92 Å². The molecule has 0 fully saturated rings. The maximum absolute atomic E-state index is 13.4. The van der Waals surface area contributed by atoms with E-state index in [2.05, 4.69) is 10.4 Å². The summed E-state index contributed by atoms with van der Waals surface area (Å²) in [7, 11) is 0. The van der Waals surface area contributed by atoms with Gasteiger partial charge in [-0.25, -0.2) is 8.78 Å². The summed E-state index contributed by atoms with van der Waals surface area (Å²) in [5.41, 5.74) is 0.494. The van der Waals surface area contributed by atoms with E-state index in [4.69, 9.17) is 0 Å². The Morgan fingerprint density at radius 3 is 2.79 bits per heavy atom. The number of benzene rings is 1. The lowest BCUT2D eigenvalue weighted by Crippen LogP contribution is -2.24. The highest BCUT2D eigenvalue weighted by atomic mass is 19.1. The average Bonchev–Trinajstić information content (AvgIpc) is 2.86. The number of halogens is 2. The molecular weight excluding hydrogens is 252 g/mol. The van der Waals surface area contributed by atoms with Crippen LogP contribution in [0.3, 0.4) is 0 Å². The molecule has 0 radical (unpaired) electrons. The van der Waals surface area contributed by atoms with Crippen molar-refractivity contribution in [2.75, 3.05) is 0 Å². The van der Waals surface area contributed by atoms with Crippen LogP contribution in [-0.2, 0) is 13.1 Å². The number of aromatic nitrogens is 2. The van der Waals surface area contributed by atoms with Gasteiger partial charge in [-0.2, -0.15) is 5.10 Å². The molecule has 0 unspecified atom stereocenters. The van der Waals surface area contributed by atoms with Crippen LogP contribution in [0.25, 0.3) is 0 Å². The van der Waals surface area contributed by atoms with E-state index in [-0.39, 0.29) is 17.8 Å². The highest BCUT2D eigenvalue weighted by Gasteiger charge is 2.10. The minimum Gasteiger partial charge on any atom is -0.346 e. The molecule has 0 saturated carbocycles. The molecule has 100 valence electrons. The number of aryl methyl sites for hydroxylation is 1. The first-order valence-corrected chi connectivity index (χ1v) is 5.85. The third-order valence-electron chi connectivity index (χ3n) is 2.65. The number of hydrogen-bond donors (Lipinski definition) is 1. The van der Waals surface area contributed by atoms with Crippen molar-refractivity contribution >= 4 is 5.91 Å². The molecule has 1 aromatic heterocycles. The largest absolute Gasteiger partial charge is 0.346 e. The molecule has 0 saturated heterocycles. The predicted octanol–water partition coefficient (Wildman–Crippen LogP) is 2.11. The van der Waals surface area contributed by atoms with E-state index in [0.29, 0.717) is 6.54 Å². The number of amides is 1. The van der Waals surface area contributed by atoms with Gasteiger partial charge in [0.05, 0.1) is 0 Å². The van der Waals surface area contributed by atoms with E-state index in [1.54, 1.807) is 16.9 Å². The fourth-order valence-electron chi connectivity index (χ4n) is 1.59. The van der Waals surface area contributed by atoms with E-state index in [9.17, 15) is 13.6 Å². The van der Waals surface area contributed by atoms with Gasteiger partial charge in [0.15, 0.2) is 0 Å². The molecule has 0 spiro atoms. The van der Waals surface area contributed by atoms with E-state index >= 15 is 0 Å². The van der Waals surface area contributed by atoms with Crippen LogP contribution in [-0.4, -0.2) is 15.7 Å². The number of nitrogens with one attached hydrogen (secondary N) is 1. The summed E-state index contributed by atoms with van der Waals surface area (Å²) in [6.07, 6.45) is 1.69. The molecule has 1 amide bonds. The summed E-state index contributed by atoms with van der Waals surface area (Å²) in [5.74, 6) is -1.72. The van der Waals surface area contributed by atoms with Crippen molar-refractivity contribution in [3.05, 3.63) is 53.4 Å². The highest BCUT2D eigenvalue weighted by molar-refractivity contribution is 5.92. The van der Waals surface area contributed by atoms with E-state index < -0.39 is 17.5 Å². The Kier molecular flexibility index (Phi) is 3.89. The molecule has 0 aliphatic carbocycles. The van der Waals surface area contributed by atoms with Gasteiger partial charge in [0.25, 0.3) is 5.91 Å². The Hall–Kier alpha value is -2.24. The van der Waals surface area contributed by atoms with Gasteiger partial charge in [0.2, 0.25) is 0 Å². The van der Waals surface area contributed by atoms with Gasteiger partial charge in [0.1, 0.15) is 17.3 Å². The summed E-state index contributed by atoms with van der Waals surface area (Å²) in [6.45, 7) is 2.56. The number of rotatable bonds is 4. The van der Waals surface area contributed by atoms with Crippen molar-refractivity contribution in [2.24, 2.45) is 0 Å². The molecule has 4 nitrogen and oxygen atoms in total. The summed E-state index contributed by atoms with van der Waals surface area (Å²) < 4.78 is 27.7. The van der Waals surface area contributed by atoms with Crippen LogP contribution in [0.15, 0.2) is 30.5 Å². The second-order valence-corrected chi connectivity index (χ2v) is 3.98. The minimum atomic E-state index is -0.681. The molecule has 6 heteroatoms. The Morgan fingerprint density at radius 2 is 2.16 bits per heavy atom. The lowest BCUT2D eigenvalue weighted by Gasteiger charge is -2.05. The Balaban J connectivity index is 2.00. The zero-order valence-electron chi connectivity index (χ0n) is 10.4. The van der Waals surface area contributed by atoms with Crippen molar-refractivity contribution in [1.29, 1.82) is 0 Å². The lowest BCUT2D eigenvalue weighted by molar-refractivity contribution is 0.0945. The van der Waals surface area contributed by atoms with Crippen LogP contribution in [0, 0.1) is 11.6 Å². The van der Waals surface area contributed by atoms with Gasteiger partial charge in [-0.05, 0) is 19.1 Å². The SMILES string of the molecule is CCn1ccc(C(=O)NCc2ccc(F)cc2F)n1. The molecule has 0 aliphatic rings. The fourth-order valence-corrected chi connectivity index (χ4v) is 1.59. The molecular formula is C13H13F2N3O. The zero-order valence-corrected chi connectivity index (χ0v) is 10.4. The van der Waals surface area contributed by atoms with E-state index in [1.165, 1.54) is 6.07 Å².